The summed E-state index contributed by atoms with van der Waals surface area (Å²) in [6, 6.07) is 2.02. The number of hydrogen-bond acceptors (Lipinski definition) is 2. The van der Waals surface area contributed by atoms with Crippen LogP contribution in [0.4, 0.5) is 0 Å². The molecule has 18 heavy (non-hydrogen) atoms. The smallest absolute Gasteiger partial charge is 0.160 e. The second-order valence-corrected chi connectivity index (χ2v) is 6.14. The molecule has 2 aromatic rings. The van der Waals surface area contributed by atoms with Crippen LogP contribution in [-0.2, 0) is 13.0 Å². The van der Waals surface area contributed by atoms with E-state index in [4.69, 9.17) is 11.6 Å². The number of nitrogens with zero attached hydrogens (tertiary/aromatic N) is 3. The van der Waals surface area contributed by atoms with Crippen molar-refractivity contribution in [3.63, 3.8) is 0 Å². The fourth-order valence-corrected chi connectivity index (χ4v) is 2.75. The second-order valence-electron chi connectivity index (χ2n) is 4.85. The fourth-order valence-electron chi connectivity index (χ4n) is 2.26. The first-order valence-electron chi connectivity index (χ1n) is 6.34. The van der Waals surface area contributed by atoms with Gasteiger partial charge in [0.15, 0.2) is 5.65 Å². The number of alkyl halides is 1. The normalized spacial score (nSPS) is 15.4. The van der Waals surface area contributed by atoms with Crippen LogP contribution >= 0.6 is 27.5 Å². The highest BCUT2D eigenvalue weighted by atomic mass is 79.9. The lowest BCUT2D eigenvalue weighted by Crippen LogP contribution is -2.06. The Kier molecular flexibility index (Phi) is 3.57. The van der Waals surface area contributed by atoms with Crippen molar-refractivity contribution in [1.29, 1.82) is 0 Å². The van der Waals surface area contributed by atoms with E-state index >= 15 is 0 Å². The van der Waals surface area contributed by atoms with Gasteiger partial charge in [-0.25, -0.2) is 9.97 Å². The minimum Gasteiger partial charge on any atom is -0.313 e. The Hall–Kier alpha value is -0.610. The van der Waals surface area contributed by atoms with E-state index in [1.165, 1.54) is 19.3 Å². The molecule has 0 atom stereocenters. The molecule has 0 spiro atoms. The third-order valence-corrected chi connectivity index (χ3v) is 4.03. The standard InChI is InChI=1S/C13H15BrClN3/c14-10-7-11-13(16-8-10)18(6-4-9-1-2-9)12(17-11)3-5-15/h7-9H,1-6H2. The van der Waals surface area contributed by atoms with Crippen LogP contribution in [-0.4, -0.2) is 20.4 Å². The first kappa shape index (κ1) is 12.4. The molecule has 0 unspecified atom stereocenters. The molecule has 1 fully saturated rings. The molecular weight excluding hydrogens is 314 g/mol. The van der Waals surface area contributed by atoms with E-state index in [1.807, 2.05) is 12.3 Å². The summed E-state index contributed by atoms with van der Waals surface area (Å²) in [7, 11) is 0. The number of hydrogen-bond donors (Lipinski definition) is 0. The minimum absolute atomic E-state index is 0.605. The molecule has 96 valence electrons. The summed E-state index contributed by atoms with van der Waals surface area (Å²) in [6.07, 6.45) is 6.65. The molecule has 2 heterocycles. The van der Waals surface area contributed by atoms with Crippen molar-refractivity contribution in [3.05, 3.63) is 22.6 Å². The van der Waals surface area contributed by atoms with E-state index in [1.54, 1.807) is 0 Å². The Morgan fingerprint density at radius 3 is 3.00 bits per heavy atom. The zero-order valence-corrected chi connectivity index (χ0v) is 12.4. The minimum atomic E-state index is 0.605. The van der Waals surface area contributed by atoms with Crippen molar-refractivity contribution in [2.45, 2.75) is 32.2 Å². The van der Waals surface area contributed by atoms with Gasteiger partial charge in [-0.3, -0.25) is 0 Å². The zero-order chi connectivity index (χ0) is 12.5. The molecule has 3 nitrogen and oxygen atoms in total. The number of aryl methyl sites for hydroxylation is 2. The number of halogens is 2. The lowest BCUT2D eigenvalue weighted by atomic mass is 10.3. The monoisotopic (exact) mass is 327 g/mol. The Bertz CT molecular complexity index is 563. The highest BCUT2D eigenvalue weighted by Gasteiger charge is 2.22. The van der Waals surface area contributed by atoms with E-state index in [9.17, 15) is 0 Å². The van der Waals surface area contributed by atoms with E-state index in [-0.39, 0.29) is 0 Å². The van der Waals surface area contributed by atoms with E-state index in [0.29, 0.717) is 5.88 Å². The molecule has 1 aliphatic rings. The predicted molar refractivity (Wildman–Crippen MR) is 77.0 cm³/mol. The highest BCUT2D eigenvalue weighted by molar-refractivity contribution is 9.10. The molecule has 3 rings (SSSR count). The molecule has 1 aliphatic carbocycles. The van der Waals surface area contributed by atoms with Crippen molar-refractivity contribution in [2.75, 3.05) is 5.88 Å². The summed E-state index contributed by atoms with van der Waals surface area (Å²) in [5.74, 6) is 2.58. The molecule has 0 amide bonds. The number of pyridine rings is 1. The molecule has 5 heteroatoms. The van der Waals surface area contributed by atoms with Crippen LogP contribution in [0.3, 0.4) is 0 Å². The topological polar surface area (TPSA) is 30.7 Å². The Balaban J connectivity index is 1.97. The summed E-state index contributed by atoms with van der Waals surface area (Å²) < 4.78 is 3.21. The Labute approximate surface area is 120 Å². The van der Waals surface area contributed by atoms with Gasteiger partial charge in [0.05, 0.1) is 0 Å². The predicted octanol–water partition coefficient (Wildman–Crippen LogP) is 3.78. The maximum Gasteiger partial charge on any atom is 0.160 e. The maximum absolute atomic E-state index is 5.86. The van der Waals surface area contributed by atoms with Crippen LogP contribution in [0.25, 0.3) is 11.2 Å². The van der Waals surface area contributed by atoms with Crippen molar-refractivity contribution in [1.82, 2.24) is 14.5 Å². The van der Waals surface area contributed by atoms with Gasteiger partial charge in [0, 0.05) is 29.5 Å². The summed E-state index contributed by atoms with van der Waals surface area (Å²) in [5.41, 5.74) is 1.94. The molecule has 2 aromatic heterocycles. The molecule has 0 aromatic carbocycles. The van der Waals surface area contributed by atoms with Crippen molar-refractivity contribution in [3.8, 4) is 0 Å². The Morgan fingerprint density at radius 2 is 2.28 bits per heavy atom. The summed E-state index contributed by atoms with van der Waals surface area (Å²) >= 11 is 9.30. The average Bonchev–Trinajstić information content (AvgIpc) is 3.10. The number of aromatic nitrogens is 3. The van der Waals surface area contributed by atoms with Gasteiger partial charge < -0.3 is 4.57 Å². The summed E-state index contributed by atoms with van der Waals surface area (Å²) in [6.45, 7) is 1.02. The third-order valence-electron chi connectivity index (χ3n) is 3.41. The summed E-state index contributed by atoms with van der Waals surface area (Å²) in [5, 5.41) is 0. The van der Waals surface area contributed by atoms with E-state index < -0.39 is 0 Å². The van der Waals surface area contributed by atoms with Crippen LogP contribution in [0.2, 0.25) is 0 Å². The van der Waals surface area contributed by atoms with Gasteiger partial charge >= 0.3 is 0 Å². The first-order valence-corrected chi connectivity index (χ1v) is 7.67. The van der Waals surface area contributed by atoms with Crippen LogP contribution < -0.4 is 0 Å². The van der Waals surface area contributed by atoms with Gasteiger partial charge in [0.25, 0.3) is 0 Å². The molecular formula is C13H15BrClN3. The lowest BCUT2D eigenvalue weighted by Gasteiger charge is -2.07. The van der Waals surface area contributed by atoms with Gasteiger partial charge in [0.1, 0.15) is 11.3 Å². The van der Waals surface area contributed by atoms with E-state index in [0.717, 1.165) is 40.3 Å². The van der Waals surface area contributed by atoms with Crippen LogP contribution in [0.15, 0.2) is 16.7 Å². The van der Waals surface area contributed by atoms with Gasteiger partial charge in [-0.2, -0.15) is 0 Å². The molecule has 1 saturated carbocycles. The number of imidazole rings is 1. The molecule has 0 bridgehead atoms. The third kappa shape index (κ3) is 2.54. The fraction of sp³-hybridized carbons (Fsp3) is 0.538. The van der Waals surface area contributed by atoms with Gasteiger partial charge in [-0.1, -0.05) is 12.8 Å². The van der Waals surface area contributed by atoms with Gasteiger partial charge in [-0.05, 0) is 34.3 Å². The number of rotatable bonds is 5. The highest BCUT2D eigenvalue weighted by Crippen LogP contribution is 2.33. The quantitative estimate of drug-likeness (QED) is 0.782. The lowest BCUT2D eigenvalue weighted by molar-refractivity contribution is 0.585. The van der Waals surface area contributed by atoms with Crippen molar-refractivity contribution < 1.29 is 0 Å². The number of fused-ring (bicyclic) bond motifs is 1. The zero-order valence-electron chi connectivity index (χ0n) is 10.1. The van der Waals surface area contributed by atoms with Crippen LogP contribution in [0.5, 0.6) is 0 Å². The largest absolute Gasteiger partial charge is 0.313 e. The van der Waals surface area contributed by atoms with Gasteiger partial charge in [0.2, 0.25) is 0 Å². The van der Waals surface area contributed by atoms with Crippen molar-refractivity contribution >= 4 is 38.7 Å². The second kappa shape index (κ2) is 5.17. The van der Waals surface area contributed by atoms with E-state index in [2.05, 4.69) is 30.5 Å². The first-order chi connectivity index (χ1) is 8.78. The molecule has 0 radical (unpaired) electrons. The maximum atomic E-state index is 5.86. The van der Waals surface area contributed by atoms with Crippen molar-refractivity contribution in [2.24, 2.45) is 5.92 Å². The van der Waals surface area contributed by atoms with Crippen LogP contribution in [0, 0.1) is 5.92 Å². The average molecular weight is 329 g/mol. The van der Waals surface area contributed by atoms with Gasteiger partial charge in [-0.15, -0.1) is 11.6 Å². The molecule has 0 N–H and O–H groups in total. The Morgan fingerprint density at radius 1 is 1.44 bits per heavy atom. The molecule has 0 aliphatic heterocycles. The molecule has 0 saturated heterocycles. The SMILES string of the molecule is ClCCc1nc2cc(Br)cnc2n1CCC1CC1. The summed E-state index contributed by atoms with van der Waals surface area (Å²) in [4.78, 5) is 9.14. The van der Waals surface area contributed by atoms with Crippen LogP contribution in [0.1, 0.15) is 25.1 Å².